The number of nitrogens with one attached hydrogen (secondary N) is 1. The second kappa shape index (κ2) is 9.25. The second-order valence-corrected chi connectivity index (χ2v) is 8.01. The van der Waals surface area contributed by atoms with E-state index in [0.717, 1.165) is 5.56 Å². The first-order chi connectivity index (χ1) is 12.4. The summed E-state index contributed by atoms with van der Waals surface area (Å²) >= 11 is 3.30. The first kappa shape index (κ1) is 20.5. The maximum atomic E-state index is 12.6. The van der Waals surface area contributed by atoms with E-state index in [9.17, 15) is 8.42 Å². The Kier molecular flexibility index (Phi) is 7.31. The molecule has 8 heteroatoms. The summed E-state index contributed by atoms with van der Waals surface area (Å²) in [5.74, 6) is 1.57. The van der Waals surface area contributed by atoms with Gasteiger partial charge in [-0.25, -0.2) is 13.1 Å². The average Bonchev–Trinajstić information content (AvgIpc) is 2.63. The van der Waals surface area contributed by atoms with Crippen LogP contribution in [0.2, 0.25) is 0 Å². The van der Waals surface area contributed by atoms with Gasteiger partial charge in [0.05, 0.1) is 20.8 Å². The van der Waals surface area contributed by atoms with Crippen molar-refractivity contribution in [2.24, 2.45) is 0 Å². The molecule has 0 aliphatic heterocycles. The van der Waals surface area contributed by atoms with Gasteiger partial charge in [0.25, 0.3) is 0 Å². The Bertz CT molecular complexity index is 855. The minimum Gasteiger partial charge on any atom is -0.493 e. The first-order valence-corrected chi connectivity index (χ1v) is 10.3. The van der Waals surface area contributed by atoms with Crippen LogP contribution in [0.5, 0.6) is 17.2 Å². The van der Waals surface area contributed by atoms with Gasteiger partial charge in [-0.3, -0.25) is 0 Å². The van der Waals surface area contributed by atoms with Gasteiger partial charge in [0, 0.05) is 11.0 Å². The van der Waals surface area contributed by atoms with Crippen molar-refractivity contribution in [2.75, 3.05) is 27.4 Å². The summed E-state index contributed by atoms with van der Waals surface area (Å²) in [4.78, 5) is 0.112. The molecule has 0 saturated carbocycles. The van der Waals surface area contributed by atoms with Crippen LogP contribution < -0.4 is 18.9 Å². The summed E-state index contributed by atoms with van der Waals surface area (Å²) in [7, 11) is -0.564. The molecule has 142 valence electrons. The fourth-order valence-corrected chi connectivity index (χ4v) is 4.12. The fourth-order valence-electron chi connectivity index (χ4n) is 2.41. The van der Waals surface area contributed by atoms with Crippen LogP contribution in [0, 0.1) is 0 Å². The van der Waals surface area contributed by atoms with E-state index >= 15 is 0 Å². The van der Waals surface area contributed by atoms with E-state index in [1.807, 2.05) is 19.1 Å². The Hall–Kier alpha value is -1.77. The van der Waals surface area contributed by atoms with Crippen LogP contribution in [0.1, 0.15) is 12.5 Å². The maximum absolute atomic E-state index is 12.6. The lowest BCUT2D eigenvalue weighted by Crippen LogP contribution is -2.26. The van der Waals surface area contributed by atoms with Gasteiger partial charge >= 0.3 is 0 Å². The van der Waals surface area contributed by atoms with E-state index < -0.39 is 10.0 Å². The molecule has 0 unspecified atom stereocenters. The topological polar surface area (TPSA) is 73.9 Å². The first-order valence-electron chi connectivity index (χ1n) is 8.04. The molecule has 0 aromatic heterocycles. The SMILES string of the molecule is CCOc1ccc(Br)cc1S(=O)(=O)NCCc1ccc(OC)c(OC)c1. The fraction of sp³-hybridized carbons (Fsp3) is 0.333. The molecule has 0 saturated heterocycles. The molecule has 2 aromatic carbocycles. The van der Waals surface area contributed by atoms with Gasteiger partial charge in [-0.05, 0) is 49.2 Å². The number of halogens is 1. The smallest absolute Gasteiger partial charge is 0.244 e. The zero-order valence-electron chi connectivity index (χ0n) is 14.9. The summed E-state index contributed by atoms with van der Waals surface area (Å²) in [6.45, 7) is 2.44. The predicted molar refractivity (Wildman–Crippen MR) is 104 cm³/mol. The summed E-state index contributed by atoms with van der Waals surface area (Å²) in [5, 5.41) is 0. The van der Waals surface area contributed by atoms with Gasteiger partial charge < -0.3 is 14.2 Å². The van der Waals surface area contributed by atoms with Crippen molar-refractivity contribution >= 4 is 26.0 Å². The van der Waals surface area contributed by atoms with Crippen LogP contribution >= 0.6 is 15.9 Å². The van der Waals surface area contributed by atoms with Crippen LogP contribution in [-0.4, -0.2) is 35.8 Å². The van der Waals surface area contributed by atoms with E-state index in [4.69, 9.17) is 14.2 Å². The molecule has 0 spiro atoms. The van der Waals surface area contributed by atoms with E-state index in [1.54, 1.807) is 32.4 Å². The zero-order chi connectivity index (χ0) is 19.2. The van der Waals surface area contributed by atoms with Gasteiger partial charge in [-0.1, -0.05) is 22.0 Å². The van der Waals surface area contributed by atoms with Crippen LogP contribution in [0.3, 0.4) is 0 Å². The molecule has 26 heavy (non-hydrogen) atoms. The summed E-state index contributed by atoms with van der Waals surface area (Å²) in [6, 6.07) is 10.4. The number of rotatable bonds is 9. The van der Waals surface area contributed by atoms with E-state index in [1.165, 1.54) is 6.07 Å². The molecule has 0 aliphatic rings. The minimum atomic E-state index is -3.70. The molecule has 0 amide bonds. The maximum Gasteiger partial charge on any atom is 0.244 e. The summed E-state index contributed by atoms with van der Waals surface area (Å²) < 4.78 is 44.4. The van der Waals surface area contributed by atoms with Crippen LogP contribution in [0.25, 0.3) is 0 Å². The standard InChI is InChI=1S/C18H22BrNO5S/c1-4-25-16-8-6-14(19)12-18(16)26(21,22)20-10-9-13-5-7-15(23-2)17(11-13)24-3/h5-8,11-12,20H,4,9-10H2,1-3H3. The van der Waals surface area contributed by atoms with Crippen molar-refractivity contribution in [3.63, 3.8) is 0 Å². The monoisotopic (exact) mass is 443 g/mol. The third kappa shape index (κ3) is 5.12. The Balaban J connectivity index is 2.10. The van der Waals surface area contributed by atoms with Crippen molar-refractivity contribution in [2.45, 2.75) is 18.2 Å². The van der Waals surface area contributed by atoms with Gasteiger partial charge in [0.15, 0.2) is 11.5 Å². The van der Waals surface area contributed by atoms with Crippen LogP contribution in [0.15, 0.2) is 45.8 Å². The minimum absolute atomic E-state index is 0.112. The quantitative estimate of drug-likeness (QED) is 0.642. The van der Waals surface area contributed by atoms with Crippen molar-refractivity contribution in [3.05, 3.63) is 46.4 Å². The molecule has 0 heterocycles. The normalized spacial score (nSPS) is 11.2. The largest absolute Gasteiger partial charge is 0.493 e. The number of methoxy groups -OCH3 is 2. The Morgan fingerprint density at radius 2 is 1.69 bits per heavy atom. The van der Waals surface area contributed by atoms with Crippen LogP contribution in [0.4, 0.5) is 0 Å². The van der Waals surface area contributed by atoms with Gasteiger partial charge in [-0.2, -0.15) is 0 Å². The van der Waals surface area contributed by atoms with Crippen molar-refractivity contribution in [1.82, 2.24) is 4.72 Å². The van der Waals surface area contributed by atoms with E-state index in [-0.39, 0.29) is 11.4 Å². The highest BCUT2D eigenvalue weighted by atomic mass is 79.9. The second-order valence-electron chi connectivity index (χ2n) is 5.36. The third-order valence-corrected chi connectivity index (χ3v) is 5.62. The van der Waals surface area contributed by atoms with Gasteiger partial charge in [0.1, 0.15) is 10.6 Å². The average molecular weight is 444 g/mol. The van der Waals surface area contributed by atoms with Gasteiger partial charge in [0.2, 0.25) is 10.0 Å². The van der Waals surface area contributed by atoms with E-state index in [2.05, 4.69) is 20.7 Å². The molecule has 0 radical (unpaired) electrons. The molecule has 1 N–H and O–H groups in total. The number of ether oxygens (including phenoxy) is 3. The van der Waals surface area contributed by atoms with Crippen molar-refractivity contribution in [3.8, 4) is 17.2 Å². The molecule has 0 aliphatic carbocycles. The van der Waals surface area contributed by atoms with Crippen LogP contribution in [-0.2, 0) is 16.4 Å². The Morgan fingerprint density at radius 1 is 1.00 bits per heavy atom. The molecular weight excluding hydrogens is 422 g/mol. The molecule has 6 nitrogen and oxygen atoms in total. The Labute approximate surface area is 162 Å². The third-order valence-electron chi connectivity index (χ3n) is 3.65. The lowest BCUT2D eigenvalue weighted by Gasteiger charge is -2.13. The highest BCUT2D eigenvalue weighted by Crippen LogP contribution is 2.29. The highest BCUT2D eigenvalue weighted by molar-refractivity contribution is 9.10. The Morgan fingerprint density at radius 3 is 2.35 bits per heavy atom. The zero-order valence-corrected chi connectivity index (χ0v) is 17.3. The molecule has 0 fully saturated rings. The predicted octanol–water partition coefficient (Wildman–Crippen LogP) is 3.39. The highest BCUT2D eigenvalue weighted by Gasteiger charge is 2.20. The lowest BCUT2D eigenvalue weighted by atomic mass is 10.1. The molecule has 2 rings (SSSR count). The number of sulfonamides is 1. The summed E-state index contributed by atoms with van der Waals surface area (Å²) in [6.07, 6.45) is 0.511. The number of hydrogen-bond acceptors (Lipinski definition) is 5. The summed E-state index contributed by atoms with van der Waals surface area (Å²) in [5.41, 5.74) is 0.935. The van der Waals surface area contributed by atoms with Crippen molar-refractivity contribution in [1.29, 1.82) is 0 Å². The molecule has 0 atom stereocenters. The lowest BCUT2D eigenvalue weighted by molar-refractivity contribution is 0.331. The van der Waals surface area contributed by atoms with Gasteiger partial charge in [-0.15, -0.1) is 0 Å². The molecule has 0 bridgehead atoms. The van der Waals surface area contributed by atoms with Crippen molar-refractivity contribution < 1.29 is 22.6 Å². The molecule has 2 aromatic rings. The number of benzene rings is 2. The number of hydrogen-bond donors (Lipinski definition) is 1. The van der Waals surface area contributed by atoms with E-state index in [0.29, 0.717) is 34.7 Å². The molecular formula is C18H22BrNO5S.